The number of thioether (sulfide) groups is 1. The molecule has 1 aliphatic rings. The monoisotopic (exact) mass is 426 g/mol. The smallest absolute Gasteiger partial charge is 0.233 e. The van der Waals surface area contributed by atoms with E-state index in [-0.39, 0.29) is 5.91 Å². The van der Waals surface area contributed by atoms with Gasteiger partial charge in [0.05, 0.1) is 17.2 Å². The lowest BCUT2D eigenvalue weighted by atomic mass is 10.0. The molecule has 3 heterocycles. The fourth-order valence-electron chi connectivity index (χ4n) is 3.85. The fraction of sp³-hybridized carbons (Fsp3) is 0.409. The summed E-state index contributed by atoms with van der Waals surface area (Å²) < 4.78 is 2.13. The minimum atomic E-state index is 0.216. The Kier molecular flexibility index (Phi) is 6.67. The molecule has 1 aliphatic heterocycles. The van der Waals surface area contributed by atoms with Crippen molar-refractivity contribution in [3.8, 4) is 10.7 Å². The second-order valence-electron chi connectivity index (χ2n) is 7.29. The highest BCUT2D eigenvalue weighted by molar-refractivity contribution is 7.99. The van der Waals surface area contributed by atoms with Gasteiger partial charge < -0.3 is 4.90 Å². The van der Waals surface area contributed by atoms with Crippen molar-refractivity contribution in [3.63, 3.8) is 0 Å². The van der Waals surface area contributed by atoms with Gasteiger partial charge in [-0.2, -0.15) is 0 Å². The van der Waals surface area contributed by atoms with E-state index in [1.165, 1.54) is 23.7 Å². The van der Waals surface area contributed by atoms with Crippen LogP contribution in [0.25, 0.3) is 10.7 Å². The summed E-state index contributed by atoms with van der Waals surface area (Å²) in [5.41, 5.74) is 1.19. The molecule has 3 aromatic rings. The molecule has 1 atom stereocenters. The largest absolute Gasteiger partial charge is 0.339 e. The molecule has 1 fully saturated rings. The molecule has 7 heteroatoms. The van der Waals surface area contributed by atoms with E-state index in [2.05, 4.69) is 50.2 Å². The Bertz CT molecular complexity index is 924. The maximum Gasteiger partial charge on any atom is 0.233 e. The van der Waals surface area contributed by atoms with Gasteiger partial charge in [0.1, 0.15) is 0 Å². The van der Waals surface area contributed by atoms with Crippen LogP contribution in [0.4, 0.5) is 0 Å². The van der Waals surface area contributed by atoms with Crippen LogP contribution in [-0.2, 0) is 11.3 Å². The van der Waals surface area contributed by atoms with E-state index in [4.69, 9.17) is 0 Å². The predicted molar refractivity (Wildman–Crippen MR) is 119 cm³/mol. The number of rotatable bonds is 7. The Morgan fingerprint density at radius 1 is 1.17 bits per heavy atom. The van der Waals surface area contributed by atoms with Gasteiger partial charge in [-0.15, -0.1) is 21.5 Å². The molecule has 29 heavy (non-hydrogen) atoms. The summed E-state index contributed by atoms with van der Waals surface area (Å²) in [6.45, 7) is 3.75. The molecule has 4 rings (SSSR count). The summed E-state index contributed by atoms with van der Waals surface area (Å²) in [6.07, 6.45) is 4.49. The first-order valence-corrected chi connectivity index (χ1v) is 12.1. The highest BCUT2D eigenvalue weighted by atomic mass is 32.2. The Balaban J connectivity index is 1.53. The van der Waals surface area contributed by atoms with Crippen molar-refractivity contribution in [2.24, 2.45) is 0 Å². The van der Waals surface area contributed by atoms with Crippen molar-refractivity contribution in [2.75, 3.05) is 12.3 Å². The molecule has 1 amide bonds. The lowest BCUT2D eigenvalue weighted by Crippen LogP contribution is -2.44. The second-order valence-corrected chi connectivity index (χ2v) is 9.18. The molecule has 0 N–H and O–H groups in total. The first-order valence-electron chi connectivity index (χ1n) is 10.2. The number of benzene rings is 1. The molecular weight excluding hydrogens is 400 g/mol. The van der Waals surface area contributed by atoms with Crippen LogP contribution in [0.2, 0.25) is 0 Å². The van der Waals surface area contributed by atoms with E-state index in [1.54, 1.807) is 11.3 Å². The minimum absolute atomic E-state index is 0.216. The summed E-state index contributed by atoms with van der Waals surface area (Å²) in [6, 6.07) is 14.8. The standard InChI is InChI=1S/C22H26N4OS2/c1-2-18-11-6-7-13-25(18)20(27)16-29-22-24-23-21(19-12-8-14-28-19)26(22)15-17-9-4-3-5-10-17/h3-5,8-10,12,14,18H,2,6-7,11,13,15-16H2,1H3. The number of amides is 1. The van der Waals surface area contributed by atoms with Crippen LogP contribution in [0.5, 0.6) is 0 Å². The van der Waals surface area contributed by atoms with E-state index in [0.717, 1.165) is 41.7 Å². The van der Waals surface area contributed by atoms with Gasteiger partial charge in [-0.1, -0.05) is 55.1 Å². The van der Waals surface area contributed by atoms with Crippen LogP contribution >= 0.6 is 23.1 Å². The van der Waals surface area contributed by atoms with Gasteiger partial charge in [-0.05, 0) is 42.7 Å². The molecule has 152 valence electrons. The number of hydrogen-bond acceptors (Lipinski definition) is 5. The van der Waals surface area contributed by atoms with Crippen molar-refractivity contribution in [2.45, 2.75) is 50.4 Å². The lowest BCUT2D eigenvalue weighted by molar-refractivity contribution is -0.132. The molecule has 1 unspecified atom stereocenters. The quantitative estimate of drug-likeness (QED) is 0.502. The maximum atomic E-state index is 12.9. The number of piperidine rings is 1. The number of carbonyl (C=O) groups is 1. The molecular formula is C22H26N4OS2. The number of hydrogen-bond donors (Lipinski definition) is 0. The second kappa shape index (κ2) is 9.59. The zero-order chi connectivity index (χ0) is 20.1. The summed E-state index contributed by atoms with van der Waals surface area (Å²) in [5, 5.41) is 11.7. The van der Waals surface area contributed by atoms with Crippen LogP contribution < -0.4 is 0 Å². The molecule has 1 saturated heterocycles. The number of thiophene rings is 1. The van der Waals surface area contributed by atoms with Crippen LogP contribution in [0.15, 0.2) is 53.0 Å². The Labute approximate surface area is 180 Å². The Morgan fingerprint density at radius 3 is 2.79 bits per heavy atom. The molecule has 2 aromatic heterocycles. The lowest BCUT2D eigenvalue weighted by Gasteiger charge is -2.35. The number of aromatic nitrogens is 3. The van der Waals surface area contributed by atoms with Gasteiger partial charge >= 0.3 is 0 Å². The Hall–Kier alpha value is -2.12. The number of nitrogens with zero attached hydrogens (tertiary/aromatic N) is 4. The average Bonchev–Trinajstić information content (AvgIpc) is 3.43. The van der Waals surface area contributed by atoms with Gasteiger partial charge in [0, 0.05) is 12.6 Å². The fourth-order valence-corrected chi connectivity index (χ4v) is 5.40. The summed E-state index contributed by atoms with van der Waals surface area (Å²) in [7, 11) is 0. The molecule has 0 aliphatic carbocycles. The highest BCUT2D eigenvalue weighted by Crippen LogP contribution is 2.29. The van der Waals surface area contributed by atoms with Crippen LogP contribution in [0, 0.1) is 0 Å². The van der Waals surface area contributed by atoms with Gasteiger partial charge in [-0.25, -0.2) is 0 Å². The summed E-state index contributed by atoms with van der Waals surface area (Å²) in [4.78, 5) is 16.1. The molecule has 0 spiro atoms. The first kappa shape index (κ1) is 20.2. The van der Waals surface area contributed by atoms with Crippen LogP contribution in [0.1, 0.15) is 38.2 Å². The van der Waals surface area contributed by atoms with Crippen molar-refractivity contribution in [1.29, 1.82) is 0 Å². The van der Waals surface area contributed by atoms with Crippen molar-refractivity contribution >= 4 is 29.0 Å². The van der Waals surface area contributed by atoms with Gasteiger partial charge in [-0.3, -0.25) is 9.36 Å². The number of likely N-dealkylation sites (tertiary alicyclic amines) is 1. The zero-order valence-electron chi connectivity index (χ0n) is 16.7. The van der Waals surface area contributed by atoms with Gasteiger partial charge in [0.15, 0.2) is 11.0 Å². The first-order chi connectivity index (χ1) is 14.3. The molecule has 0 bridgehead atoms. The molecule has 0 saturated carbocycles. The van der Waals surface area contributed by atoms with Crippen molar-refractivity contribution in [1.82, 2.24) is 19.7 Å². The third kappa shape index (κ3) is 4.73. The SMILES string of the molecule is CCC1CCCCN1C(=O)CSc1nnc(-c2cccs2)n1Cc1ccccc1. The average molecular weight is 427 g/mol. The van der Waals surface area contributed by atoms with Gasteiger partial charge in [0.2, 0.25) is 5.91 Å². The molecule has 5 nitrogen and oxygen atoms in total. The van der Waals surface area contributed by atoms with E-state index >= 15 is 0 Å². The maximum absolute atomic E-state index is 12.9. The zero-order valence-corrected chi connectivity index (χ0v) is 18.3. The predicted octanol–water partition coefficient (Wildman–Crippen LogP) is 4.94. The topological polar surface area (TPSA) is 51.0 Å². The van der Waals surface area contributed by atoms with E-state index in [9.17, 15) is 4.79 Å². The molecule has 1 aromatic carbocycles. The van der Waals surface area contributed by atoms with Crippen LogP contribution in [-0.4, -0.2) is 43.9 Å². The molecule has 0 radical (unpaired) electrons. The Morgan fingerprint density at radius 2 is 2.03 bits per heavy atom. The highest BCUT2D eigenvalue weighted by Gasteiger charge is 2.26. The normalized spacial score (nSPS) is 16.9. The van der Waals surface area contributed by atoms with Crippen molar-refractivity contribution < 1.29 is 4.79 Å². The summed E-state index contributed by atoms with van der Waals surface area (Å²) in [5.74, 6) is 1.49. The summed E-state index contributed by atoms with van der Waals surface area (Å²) >= 11 is 3.16. The van der Waals surface area contributed by atoms with E-state index in [0.29, 0.717) is 18.3 Å². The van der Waals surface area contributed by atoms with Crippen LogP contribution in [0.3, 0.4) is 0 Å². The van der Waals surface area contributed by atoms with E-state index < -0.39 is 0 Å². The van der Waals surface area contributed by atoms with E-state index in [1.807, 2.05) is 24.3 Å². The third-order valence-electron chi connectivity index (χ3n) is 5.39. The number of carbonyl (C=O) groups excluding carboxylic acids is 1. The van der Waals surface area contributed by atoms with Crippen molar-refractivity contribution in [3.05, 3.63) is 53.4 Å². The third-order valence-corrected chi connectivity index (χ3v) is 7.20. The van der Waals surface area contributed by atoms with Gasteiger partial charge in [0.25, 0.3) is 0 Å². The minimum Gasteiger partial charge on any atom is -0.339 e.